The molecule has 0 amide bonds. The minimum atomic E-state index is -3.27. The zero-order chi connectivity index (χ0) is 11.3. The molecule has 1 saturated heterocycles. The molecule has 88 valence electrons. The van der Waals surface area contributed by atoms with Gasteiger partial charge in [0, 0.05) is 19.1 Å². The maximum absolute atomic E-state index is 11.9. The van der Waals surface area contributed by atoms with Crippen LogP contribution in [-0.4, -0.2) is 31.9 Å². The number of piperidine rings is 1. The molecule has 1 aliphatic heterocycles. The van der Waals surface area contributed by atoms with Gasteiger partial charge in [-0.2, -0.15) is 12.7 Å². The number of nitrogens with one attached hydrogen (secondary N) is 1. The van der Waals surface area contributed by atoms with Gasteiger partial charge in [0.15, 0.2) is 0 Å². The van der Waals surface area contributed by atoms with Crippen LogP contribution in [0, 0.1) is 0 Å². The molecule has 4 nitrogen and oxygen atoms in total. The summed E-state index contributed by atoms with van der Waals surface area (Å²) in [6.07, 6.45) is 5.43. The topological polar surface area (TPSA) is 49.4 Å². The Hall–Kier alpha value is -0.390. The smallest absolute Gasteiger partial charge is 0.202 e. The van der Waals surface area contributed by atoms with Crippen molar-refractivity contribution in [2.75, 3.05) is 13.1 Å². The van der Waals surface area contributed by atoms with E-state index in [1.54, 1.807) is 10.4 Å². The highest BCUT2D eigenvalue weighted by atomic mass is 32.2. The molecule has 1 fully saturated rings. The molecule has 1 rings (SSSR count). The summed E-state index contributed by atoms with van der Waals surface area (Å²) in [6, 6.07) is 0.125. The number of hydrogen-bond acceptors (Lipinski definition) is 2. The molecule has 0 aliphatic carbocycles. The molecule has 0 aromatic carbocycles. The van der Waals surface area contributed by atoms with Crippen molar-refractivity contribution < 1.29 is 8.42 Å². The van der Waals surface area contributed by atoms with E-state index in [4.69, 9.17) is 0 Å². The quantitative estimate of drug-likeness (QED) is 0.573. The lowest BCUT2D eigenvalue weighted by molar-refractivity contribution is 0.265. The van der Waals surface area contributed by atoms with Crippen LogP contribution in [0.2, 0.25) is 0 Å². The summed E-state index contributed by atoms with van der Waals surface area (Å²) in [7, 11) is -3.27. The van der Waals surface area contributed by atoms with Crippen LogP contribution in [0.15, 0.2) is 12.7 Å². The van der Waals surface area contributed by atoms with Gasteiger partial charge in [0.1, 0.15) is 0 Å². The van der Waals surface area contributed by atoms with Crippen molar-refractivity contribution in [2.45, 2.75) is 38.6 Å². The van der Waals surface area contributed by atoms with Crippen LogP contribution in [0.1, 0.15) is 32.6 Å². The van der Waals surface area contributed by atoms with Crippen molar-refractivity contribution in [3.05, 3.63) is 12.7 Å². The molecule has 1 unspecified atom stereocenters. The standard InChI is InChI=1S/C10H20N2O2S/c1-3-4-8-11-15(13,14)12-9-6-5-7-10(12)2/h3,10-11H,1,4-9H2,2H3. The first kappa shape index (κ1) is 12.7. The maximum Gasteiger partial charge on any atom is 0.279 e. The molecule has 0 aromatic heterocycles. The highest BCUT2D eigenvalue weighted by molar-refractivity contribution is 7.87. The van der Waals surface area contributed by atoms with Gasteiger partial charge in [-0.3, -0.25) is 0 Å². The maximum atomic E-state index is 11.9. The van der Waals surface area contributed by atoms with Crippen LogP contribution >= 0.6 is 0 Å². The second-order valence-electron chi connectivity index (χ2n) is 3.93. The van der Waals surface area contributed by atoms with E-state index in [2.05, 4.69) is 11.3 Å². The SMILES string of the molecule is C=CCCNS(=O)(=O)N1CCCCC1C. The van der Waals surface area contributed by atoms with E-state index >= 15 is 0 Å². The van der Waals surface area contributed by atoms with Gasteiger partial charge in [-0.1, -0.05) is 12.5 Å². The van der Waals surface area contributed by atoms with Crippen LogP contribution in [0.25, 0.3) is 0 Å². The van der Waals surface area contributed by atoms with Crippen molar-refractivity contribution in [1.82, 2.24) is 9.03 Å². The highest BCUT2D eigenvalue weighted by Crippen LogP contribution is 2.18. The molecule has 0 spiro atoms. The Bertz CT molecular complexity index is 301. The number of hydrogen-bond donors (Lipinski definition) is 1. The van der Waals surface area contributed by atoms with E-state index in [0.29, 0.717) is 19.5 Å². The zero-order valence-electron chi connectivity index (χ0n) is 9.28. The first-order valence-electron chi connectivity index (χ1n) is 5.45. The van der Waals surface area contributed by atoms with E-state index in [0.717, 1.165) is 19.3 Å². The molecular weight excluding hydrogens is 212 g/mol. The van der Waals surface area contributed by atoms with E-state index < -0.39 is 10.2 Å². The Morgan fingerprint density at radius 2 is 2.27 bits per heavy atom. The third-order valence-electron chi connectivity index (χ3n) is 2.68. The summed E-state index contributed by atoms with van der Waals surface area (Å²) < 4.78 is 27.9. The Labute approximate surface area is 92.5 Å². The fourth-order valence-electron chi connectivity index (χ4n) is 1.80. The molecule has 15 heavy (non-hydrogen) atoms. The van der Waals surface area contributed by atoms with Gasteiger partial charge in [0.2, 0.25) is 0 Å². The molecule has 1 atom stereocenters. The molecule has 1 aliphatic rings. The van der Waals surface area contributed by atoms with Crippen LogP contribution in [0.5, 0.6) is 0 Å². The van der Waals surface area contributed by atoms with Crippen molar-refractivity contribution in [1.29, 1.82) is 0 Å². The van der Waals surface area contributed by atoms with Crippen LogP contribution in [-0.2, 0) is 10.2 Å². The second kappa shape index (κ2) is 5.63. The Morgan fingerprint density at radius 1 is 1.53 bits per heavy atom. The van der Waals surface area contributed by atoms with Gasteiger partial charge in [0.25, 0.3) is 10.2 Å². The van der Waals surface area contributed by atoms with Gasteiger partial charge >= 0.3 is 0 Å². The normalized spacial score (nSPS) is 23.9. The third-order valence-corrected chi connectivity index (χ3v) is 4.41. The fraction of sp³-hybridized carbons (Fsp3) is 0.800. The summed E-state index contributed by atoms with van der Waals surface area (Å²) in [5, 5.41) is 0. The Kier molecular flexibility index (Phi) is 4.76. The molecule has 0 saturated carbocycles. The van der Waals surface area contributed by atoms with Crippen molar-refractivity contribution >= 4 is 10.2 Å². The minimum absolute atomic E-state index is 0.125. The van der Waals surface area contributed by atoms with Crippen LogP contribution in [0.3, 0.4) is 0 Å². The highest BCUT2D eigenvalue weighted by Gasteiger charge is 2.28. The number of nitrogens with zero attached hydrogens (tertiary/aromatic N) is 1. The van der Waals surface area contributed by atoms with E-state index in [1.807, 2.05) is 6.92 Å². The lowest BCUT2D eigenvalue weighted by Gasteiger charge is -2.32. The number of rotatable bonds is 5. The third kappa shape index (κ3) is 3.59. The average molecular weight is 232 g/mol. The largest absolute Gasteiger partial charge is 0.279 e. The summed E-state index contributed by atoms with van der Waals surface area (Å²) in [5.74, 6) is 0. The average Bonchev–Trinajstić information content (AvgIpc) is 2.18. The molecule has 0 radical (unpaired) electrons. The van der Waals surface area contributed by atoms with Gasteiger partial charge < -0.3 is 0 Å². The summed E-state index contributed by atoms with van der Waals surface area (Å²) in [4.78, 5) is 0. The monoisotopic (exact) mass is 232 g/mol. The zero-order valence-corrected chi connectivity index (χ0v) is 10.1. The molecule has 5 heteroatoms. The summed E-state index contributed by atoms with van der Waals surface area (Å²) in [6.45, 7) is 6.61. The minimum Gasteiger partial charge on any atom is -0.202 e. The predicted octanol–water partition coefficient (Wildman–Crippen LogP) is 1.27. The summed E-state index contributed by atoms with van der Waals surface area (Å²) >= 11 is 0. The van der Waals surface area contributed by atoms with Crippen LogP contribution in [0.4, 0.5) is 0 Å². The van der Waals surface area contributed by atoms with E-state index in [9.17, 15) is 8.42 Å². The van der Waals surface area contributed by atoms with Gasteiger partial charge in [0.05, 0.1) is 0 Å². The summed E-state index contributed by atoms with van der Waals surface area (Å²) in [5.41, 5.74) is 0. The van der Waals surface area contributed by atoms with E-state index in [-0.39, 0.29) is 6.04 Å². The van der Waals surface area contributed by atoms with Crippen molar-refractivity contribution in [3.63, 3.8) is 0 Å². The first-order valence-corrected chi connectivity index (χ1v) is 6.89. The van der Waals surface area contributed by atoms with Crippen molar-refractivity contribution in [3.8, 4) is 0 Å². The van der Waals surface area contributed by atoms with Crippen molar-refractivity contribution in [2.24, 2.45) is 0 Å². The van der Waals surface area contributed by atoms with Gasteiger partial charge in [-0.25, -0.2) is 4.72 Å². The molecule has 0 bridgehead atoms. The second-order valence-corrected chi connectivity index (χ2v) is 5.64. The van der Waals surface area contributed by atoms with Gasteiger partial charge in [-0.05, 0) is 26.2 Å². The molecular formula is C10H20N2O2S. The Balaban J connectivity index is 2.55. The molecule has 1 N–H and O–H groups in total. The lowest BCUT2D eigenvalue weighted by Crippen LogP contribution is -2.48. The first-order chi connectivity index (χ1) is 7.08. The van der Waals surface area contributed by atoms with E-state index in [1.165, 1.54) is 0 Å². The lowest BCUT2D eigenvalue weighted by atomic mass is 10.1. The molecule has 1 heterocycles. The molecule has 0 aromatic rings. The predicted molar refractivity (Wildman–Crippen MR) is 61.8 cm³/mol. The van der Waals surface area contributed by atoms with Gasteiger partial charge in [-0.15, -0.1) is 6.58 Å². The van der Waals surface area contributed by atoms with Crippen LogP contribution < -0.4 is 4.72 Å². The Morgan fingerprint density at radius 3 is 2.87 bits per heavy atom. The fourth-order valence-corrected chi connectivity index (χ4v) is 3.29.